The van der Waals surface area contributed by atoms with Crippen LogP contribution in [0.4, 0.5) is 0 Å². The van der Waals surface area contributed by atoms with Crippen molar-refractivity contribution in [2.75, 3.05) is 14.2 Å². The summed E-state index contributed by atoms with van der Waals surface area (Å²) in [6.07, 6.45) is -0.725. The summed E-state index contributed by atoms with van der Waals surface area (Å²) in [7, 11) is 3.07. The van der Waals surface area contributed by atoms with Gasteiger partial charge >= 0.3 is 0 Å². The van der Waals surface area contributed by atoms with Gasteiger partial charge in [0, 0.05) is 30.3 Å². The number of nitrogens with one attached hydrogen (secondary N) is 1. The minimum absolute atomic E-state index is 0.0498. The third-order valence-electron chi connectivity index (χ3n) is 4.24. The van der Waals surface area contributed by atoms with Gasteiger partial charge in [-0.15, -0.1) is 5.10 Å². The van der Waals surface area contributed by atoms with Gasteiger partial charge in [0.05, 0.1) is 11.4 Å². The SMILES string of the molecule is CNC(=O)c1nc2n(n1)-c1ccc(Cl)cc1C(c1ccccc1)=NC2OC. The van der Waals surface area contributed by atoms with E-state index in [1.165, 1.54) is 7.05 Å². The van der Waals surface area contributed by atoms with E-state index in [9.17, 15) is 4.79 Å². The summed E-state index contributed by atoms with van der Waals surface area (Å²) < 4.78 is 7.15. The monoisotopic (exact) mass is 381 g/mol. The molecule has 1 unspecified atom stereocenters. The van der Waals surface area contributed by atoms with Gasteiger partial charge in [0.15, 0.2) is 5.82 Å². The normalized spacial score (nSPS) is 15.4. The van der Waals surface area contributed by atoms with Crippen molar-refractivity contribution < 1.29 is 9.53 Å². The average Bonchev–Trinajstić information content (AvgIpc) is 3.09. The standard InChI is InChI=1S/C19H16ClN5O2/c1-21-18(26)16-23-17-19(27-2)22-15(11-6-4-3-5-7-11)13-10-12(20)8-9-14(13)25(17)24-16/h3-10,19H,1-2H3,(H,21,26). The molecule has 136 valence electrons. The molecule has 4 rings (SSSR count). The van der Waals surface area contributed by atoms with Crippen LogP contribution in [-0.4, -0.2) is 40.5 Å². The molecule has 8 heteroatoms. The zero-order chi connectivity index (χ0) is 19.0. The van der Waals surface area contributed by atoms with E-state index in [2.05, 4.69) is 15.4 Å². The average molecular weight is 382 g/mol. The molecule has 1 amide bonds. The van der Waals surface area contributed by atoms with E-state index < -0.39 is 6.23 Å². The molecule has 3 aromatic rings. The lowest BCUT2D eigenvalue weighted by Crippen LogP contribution is -2.19. The van der Waals surface area contributed by atoms with Gasteiger partial charge in [-0.05, 0) is 18.2 Å². The molecule has 7 nitrogen and oxygen atoms in total. The number of methoxy groups -OCH3 is 1. The van der Waals surface area contributed by atoms with E-state index in [0.717, 1.165) is 16.8 Å². The van der Waals surface area contributed by atoms with Gasteiger partial charge in [0.2, 0.25) is 12.1 Å². The number of aromatic nitrogens is 3. The summed E-state index contributed by atoms with van der Waals surface area (Å²) in [5.41, 5.74) is 3.14. The van der Waals surface area contributed by atoms with Crippen LogP contribution in [0.3, 0.4) is 0 Å². The highest BCUT2D eigenvalue weighted by atomic mass is 35.5. The number of carbonyl (C=O) groups excluding carboxylic acids is 1. The van der Waals surface area contributed by atoms with Gasteiger partial charge in [0.1, 0.15) is 0 Å². The fraction of sp³-hybridized carbons (Fsp3) is 0.158. The van der Waals surface area contributed by atoms with E-state index >= 15 is 0 Å². The molecule has 2 aromatic carbocycles. The molecule has 0 saturated heterocycles. The van der Waals surface area contributed by atoms with Gasteiger partial charge in [-0.25, -0.2) is 14.7 Å². The minimum atomic E-state index is -0.725. The lowest BCUT2D eigenvalue weighted by atomic mass is 10.0. The van der Waals surface area contributed by atoms with Crippen LogP contribution in [0.5, 0.6) is 0 Å². The Hall–Kier alpha value is -3.03. The third-order valence-corrected chi connectivity index (χ3v) is 4.48. The van der Waals surface area contributed by atoms with Gasteiger partial charge in [0.25, 0.3) is 5.91 Å². The highest BCUT2D eigenvalue weighted by Gasteiger charge is 2.29. The van der Waals surface area contributed by atoms with Gasteiger partial charge in [-0.2, -0.15) is 0 Å². The molecule has 1 aliphatic rings. The van der Waals surface area contributed by atoms with E-state index in [1.54, 1.807) is 17.9 Å². The second-order valence-corrected chi connectivity index (χ2v) is 6.31. The first-order valence-electron chi connectivity index (χ1n) is 8.27. The predicted molar refractivity (Wildman–Crippen MR) is 102 cm³/mol. The zero-order valence-electron chi connectivity index (χ0n) is 14.7. The Morgan fingerprint density at radius 1 is 1.22 bits per heavy atom. The van der Waals surface area contributed by atoms with Gasteiger partial charge in [-0.3, -0.25) is 4.79 Å². The number of rotatable bonds is 3. The third kappa shape index (κ3) is 3.01. The van der Waals surface area contributed by atoms with Gasteiger partial charge in [-0.1, -0.05) is 41.9 Å². The minimum Gasteiger partial charge on any atom is -0.353 e. The van der Waals surface area contributed by atoms with Crippen molar-refractivity contribution in [3.8, 4) is 5.69 Å². The first-order valence-corrected chi connectivity index (χ1v) is 8.65. The first-order chi connectivity index (χ1) is 13.1. The molecule has 0 spiro atoms. The molecule has 1 aromatic heterocycles. The fourth-order valence-electron chi connectivity index (χ4n) is 2.98. The Bertz CT molecular complexity index is 1050. The number of fused-ring (bicyclic) bond motifs is 3. The molecular weight excluding hydrogens is 366 g/mol. The predicted octanol–water partition coefficient (Wildman–Crippen LogP) is 2.78. The van der Waals surface area contributed by atoms with Crippen molar-refractivity contribution >= 4 is 23.2 Å². The zero-order valence-corrected chi connectivity index (χ0v) is 15.4. The fourth-order valence-corrected chi connectivity index (χ4v) is 3.15. The van der Waals surface area contributed by atoms with Crippen LogP contribution < -0.4 is 5.32 Å². The van der Waals surface area contributed by atoms with E-state index in [0.29, 0.717) is 16.6 Å². The van der Waals surface area contributed by atoms with Crippen LogP contribution in [0.25, 0.3) is 5.69 Å². The van der Waals surface area contributed by atoms with Crippen LogP contribution in [0.15, 0.2) is 53.5 Å². The van der Waals surface area contributed by atoms with Crippen LogP contribution in [0.1, 0.15) is 33.8 Å². The molecular formula is C19H16ClN5O2. The number of amides is 1. The summed E-state index contributed by atoms with van der Waals surface area (Å²) in [6.45, 7) is 0. The lowest BCUT2D eigenvalue weighted by Gasteiger charge is -2.11. The molecule has 1 atom stereocenters. The van der Waals surface area contributed by atoms with Crippen molar-refractivity contribution in [2.45, 2.75) is 6.23 Å². The molecule has 0 saturated carbocycles. The highest BCUT2D eigenvalue weighted by Crippen LogP contribution is 2.31. The summed E-state index contributed by atoms with van der Waals surface area (Å²) in [4.78, 5) is 21.1. The van der Waals surface area contributed by atoms with E-state index in [-0.39, 0.29) is 11.7 Å². The van der Waals surface area contributed by atoms with E-state index in [1.807, 2.05) is 42.5 Å². The number of benzene rings is 2. The maximum absolute atomic E-state index is 12.0. The summed E-state index contributed by atoms with van der Waals surface area (Å²) in [6, 6.07) is 15.2. The Balaban J connectivity index is 2.00. The Labute approximate surface area is 160 Å². The maximum Gasteiger partial charge on any atom is 0.290 e. The summed E-state index contributed by atoms with van der Waals surface area (Å²) >= 11 is 6.26. The number of ether oxygens (including phenoxy) is 1. The summed E-state index contributed by atoms with van der Waals surface area (Å²) in [5, 5.41) is 7.48. The number of aliphatic imine (C=N–C) groups is 1. The van der Waals surface area contributed by atoms with Crippen LogP contribution in [-0.2, 0) is 4.74 Å². The molecule has 0 bridgehead atoms. The molecule has 27 heavy (non-hydrogen) atoms. The van der Waals surface area contributed by atoms with Crippen LogP contribution in [0.2, 0.25) is 5.02 Å². The van der Waals surface area contributed by atoms with Crippen molar-refractivity contribution in [3.63, 3.8) is 0 Å². The first kappa shape index (κ1) is 17.4. The second kappa shape index (κ2) is 6.94. The topological polar surface area (TPSA) is 81.4 Å². The lowest BCUT2D eigenvalue weighted by molar-refractivity contribution is 0.0950. The van der Waals surface area contributed by atoms with Crippen LogP contribution >= 0.6 is 11.6 Å². The largest absolute Gasteiger partial charge is 0.353 e. The number of carbonyl (C=O) groups is 1. The second-order valence-electron chi connectivity index (χ2n) is 5.88. The molecule has 1 aliphatic heterocycles. The van der Waals surface area contributed by atoms with Crippen molar-refractivity contribution in [1.29, 1.82) is 0 Å². The van der Waals surface area contributed by atoms with Crippen LogP contribution in [0, 0.1) is 0 Å². The molecule has 2 heterocycles. The molecule has 0 radical (unpaired) electrons. The Morgan fingerprint density at radius 2 is 2.00 bits per heavy atom. The van der Waals surface area contributed by atoms with Crippen molar-refractivity contribution in [3.05, 3.63) is 76.3 Å². The molecule has 1 N–H and O–H groups in total. The highest BCUT2D eigenvalue weighted by molar-refractivity contribution is 6.31. The van der Waals surface area contributed by atoms with Gasteiger partial charge < -0.3 is 10.1 Å². The van der Waals surface area contributed by atoms with Crippen molar-refractivity contribution in [1.82, 2.24) is 20.1 Å². The molecule has 0 fully saturated rings. The number of hydrogen-bond acceptors (Lipinski definition) is 5. The number of hydrogen-bond donors (Lipinski definition) is 1. The Morgan fingerprint density at radius 3 is 2.70 bits per heavy atom. The quantitative estimate of drug-likeness (QED) is 0.756. The smallest absolute Gasteiger partial charge is 0.290 e. The number of nitrogens with zero attached hydrogens (tertiary/aromatic N) is 4. The summed E-state index contributed by atoms with van der Waals surface area (Å²) in [5.74, 6) is 0.0904. The maximum atomic E-state index is 12.0. The van der Waals surface area contributed by atoms with E-state index in [4.69, 9.17) is 21.3 Å². The van der Waals surface area contributed by atoms with Crippen molar-refractivity contribution in [2.24, 2.45) is 4.99 Å². The Kier molecular flexibility index (Phi) is 4.47. The molecule has 0 aliphatic carbocycles. The number of halogens is 1.